The highest BCUT2D eigenvalue weighted by molar-refractivity contribution is 7.99. The summed E-state index contributed by atoms with van der Waals surface area (Å²) >= 11 is 1.49. The molecule has 1 N–H and O–H groups in total. The molecule has 0 amide bonds. The first-order valence-corrected chi connectivity index (χ1v) is 9.80. The minimum Gasteiger partial charge on any atom is -0.307 e. The van der Waals surface area contributed by atoms with Gasteiger partial charge in [0.25, 0.3) is 0 Å². The van der Waals surface area contributed by atoms with Gasteiger partial charge in [-0.3, -0.25) is 4.79 Å². The minimum atomic E-state index is -0.326. The Morgan fingerprint density at radius 1 is 1.28 bits per heavy atom. The fourth-order valence-corrected chi connectivity index (χ4v) is 3.94. The van der Waals surface area contributed by atoms with E-state index >= 15 is 0 Å². The first-order valence-electron chi connectivity index (χ1n) is 8.81. The number of hydrogen-bond acceptors (Lipinski definition) is 5. The number of nitrogens with zero attached hydrogens (tertiary/aromatic N) is 3. The summed E-state index contributed by atoms with van der Waals surface area (Å²) in [5.74, 6) is 1.63. The molecule has 0 radical (unpaired) electrons. The van der Waals surface area contributed by atoms with Gasteiger partial charge in [0.2, 0.25) is 0 Å². The molecule has 5 nitrogen and oxygen atoms in total. The van der Waals surface area contributed by atoms with Gasteiger partial charge in [0.15, 0.2) is 11.0 Å². The molecular formula is C19H26N4OS. The molecule has 2 heterocycles. The van der Waals surface area contributed by atoms with E-state index < -0.39 is 0 Å². The van der Waals surface area contributed by atoms with Crippen LogP contribution in [0.25, 0.3) is 0 Å². The van der Waals surface area contributed by atoms with Gasteiger partial charge < -0.3 is 9.88 Å². The Kier molecular flexibility index (Phi) is 5.59. The van der Waals surface area contributed by atoms with Crippen LogP contribution in [-0.2, 0) is 11.3 Å². The summed E-state index contributed by atoms with van der Waals surface area (Å²) in [4.78, 5) is 12.3. The van der Waals surface area contributed by atoms with Crippen molar-refractivity contribution in [2.75, 3.05) is 12.3 Å². The van der Waals surface area contributed by atoms with Crippen LogP contribution in [0, 0.1) is 5.41 Å². The maximum Gasteiger partial charge on any atom is 0.192 e. The normalized spacial score (nSPS) is 17.8. The number of rotatable bonds is 6. The second kappa shape index (κ2) is 7.70. The third-order valence-electron chi connectivity index (χ3n) is 4.47. The molecule has 0 aliphatic carbocycles. The molecule has 134 valence electrons. The van der Waals surface area contributed by atoms with E-state index in [1.165, 1.54) is 17.3 Å². The molecule has 1 aliphatic rings. The third-order valence-corrected chi connectivity index (χ3v) is 5.44. The maximum absolute atomic E-state index is 12.3. The second-order valence-electron chi connectivity index (χ2n) is 7.52. The highest BCUT2D eigenvalue weighted by Gasteiger charge is 2.26. The van der Waals surface area contributed by atoms with E-state index in [0.717, 1.165) is 36.9 Å². The van der Waals surface area contributed by atoms with Gasteiger partial charge in [-0.05, 0) is 24.9 Å². The average molecular weight is 359 g/mol. The predicted molar refractivity (Wildman–Crippen MR) is 101 cm³/mol. The van der Waals surface area contributed by atoms with Crippen LogP contribution < -0.4 is 5.32 Å². The topological polar surface area (TPSA) is 59.8 Å². The van der Waals surface area contributed by atoms with Gasteiger partial charge in [-0.2, -0.15) is 0 Å². The molecular weight excluding hydrogens is 332 g/mol. The predicted octanol–water partition coefficient (Wildman–Crippen LogP) is 3.46. The largest absolute Gasteiger partial charge is 0.307 e. The highest BCUT2D eigenvalue weighted by Crippen LogP contribution is 2.28. The number of aromatic nitrogens is 3. The number of carbonyl (C=O) groups excluding carboxylic acids is 1. The summed E-state index contributed by atoms with van der Waals surface area (Å²) in [6.07, 6.45) is 2.24. The molecule has 0 bridgehead atoms. The number of Topliss-reactive ketones (excluding diaryl/α,β-unsaturated/α-hetero) is 1. The first kappa shape index (κ1) is 18.1. The summed E-state index contributed by atoms with van der Waals surface area (Å²) in [6.45, 7) is 7.62. The molecule has 1 atom stereocenters. The molecule has 6 heteroatoms. The van der Waals surface area contributed by atoms with Gasteiger partial charge in [0.1, 0.15) is 5.78 Å². The first-order chi connectivity index (χ1) is 11.9. The Morgan fingerprint density at radius 3 is 2.68 bits per heavy atom. The molecule has 25 heavy (non-hydrogen) atoms. The zero-order valence-electron chi connectivity index (χ0n) is 15.2. The van der Waals surface area contributed by atoms with Crippen molar-refractivity contribution in [1.29, 1.82) is 0 Å². The highest BCUT2D eigenvalue weighted by atomic mass is 32.2. The molecule has 0 spiro atoms. The monoisotopic (exact) mass is 358 g/mol. The number of ketones is 1. The van der Waals surface area contributed by atoms with Crippen LogP contribution in [0.5, 0.6) is 0 Å². The van der Waals surface area contributed by atoms with Crippen LogP contribution in [0.1, 0.15) is 51.0 Å². The van der Waals surface area contributed by atoms with Crippen molar-refractivity contribution in [2.45, 2.75) is 51.4 Å². The van der Waals surface area contributed by atoms with E-state index in [1.807, 2.05) is 39.0 Å². The zero-order chi connectivity index (χ0) is 17.9. The van der Waals surface area contributed by atoms with Crippen molar-refractivity contribution >= 4 is 17.5 Å². The van der Waals surface area contributed by atoms with Gasteiger partial charge in [-0.25, -0.2) is 0 Å². The van der Waals surface area contributed by atoms with Gasteiger partial charge in [0.05, 0.1) is 18.3 Å². The number of carbonyl (C=O) groups is 1. The van der Waals surface area contributed by atoms with Crippen LogP contribution in [0.15, 0.2) is 35.5 Å². The molecule has 1 aromatic heterocycles. The fourth-order valence-electron chi connectivity index (χ4n) is 2.83. The van der Waals surface area contributed by atoms with Crippen LogP contribution in [0.3, 0.4) is 0 Å². The number of nitrogens with one attached hydrogen (secondary N) is 1. The SMILES string of the molecule is CC(C)(C)C(=O)CSc1nnc(C2CCCN2)n1Cc1ccccc1. The van der Waals surface area contributed by atoms with E-state index in [1.54, 1.807) is 0 Å². The molecule has 1 saturated heterocycles. The van der Waals surface area contributed by atoms with E-state index in [9.17, 15) is 4.79 Å². The van der Waals surface area contributed by atoms with Crippen molar-refractivity contribution in [3.8, 4) is 0 Å². The summed E-state index contributed by atoms with van der Waals surface area (Å²) in [6, 6.07) is 10.6. The van der Waals surface area contributed by atoms with Gasteiger partial charge in [0, 0.05) is 5.41 Å². The summed E-state index contributed by atoms with van der Waals surface area (Å²) in [5.41, 5.74) is 0.887. The molecule has 1 aromatic carbocycles. The Hall–Kier alpha value is -1.66. The van der Waals surface area contributed by atoms with Crippen LogP contribution in [0.2, 0.25) is 0 Å². The maximum atomic E-state index is 12.3. The average Bonchev–Trinajstić information content (AvgIpc) is 3.22. The van der Waals surface area contributed by atoms with Crippen LogP contribution >= 0.6 is 11.8 Å². The van der Waals surface area contributed by atoms with E-state index in [0.29, 0.717) is 5.75 Å². The lowest BCUT2D eigenvalue weighted by Crippen LogP contribution is -2.22. The lowest BCUT2D eigenvalue weighted by atomic mass is 9.92. The number of hydrogen-bond donors (Lipinski definition) is 1. The van der Waals surface area contributed by atoms with Crippen molar-refractivity contribution < 1.29 is 4.79 Å². The third kappa shape index (κ3) is 4.50. The van der Waals surface area contributed by atoms with Crippen molar-refractivity contribution in [3.63, 3.8) is 0 Å². The Labute approximate surface area is 153 Å². The summed E-state index contributed by atoms with van der Waals surface area (Å²) in [7, 11) is 0. The molecule has 2 aromatic rings. The fraction of sp³-hybridized carbons (Fsp3) is 0.526. The molecule has 1 aliphatic heterocycles. The van der Waals surface area contributed by atoms with E-state index in [-0.39, 0.29) is 17.2 Å². The van der Waals surface area contributed by atoms with Gasteiger partial charge in [-0.1, -0.05) is 62.9 Å². The van der Waals surface area contributed by atoms with Crippen molar-refractivity contribution in [2.24, 2.45) is 5.41 Å². The Bertz CT molecular complexity index is 715. The minimum absolute atomic E-state index is 0.229. The smallest absolute Gasteiger partial charge is 0.192 e. The van der Waals surface area contributed by atoms with Gasteiger partial charge >= 0.3 is 0 Å². The standard InChI is InChI=1S/C19H26N4OS/c1-19(2,3)16(24)13-25-18-22-21-17(15-10-7-11-20-15)23(18)12-14-8-5-4-6-9-14/h4-6,8-9,15,20H,7,10-13H2,1-3H3. The van der Waals surface area contributed by atoms with Crippen LogP contribution in [-0.4, -0.2) is 32.8 Å². The lowest BCUT2D eigenvalue weighted by molar-refractivity contribution is -0.123. The van der Waals surface area contributed by atoms with Crippen molar-refractivity contribution in [3.05, 3.63) is 41.7 Å². The van der Waals surface area contributed by atoms with Gasteiger partial charge in [-0.15, -0.1) is 10.2 Å². The molecule has 1 fully saturated rings. The number of benzene rings is 1. The van der Waals surface area contributed by atoms with Crippen molar-refractivity contribution in [1.82, 2.24) is 20.1 Å². The van der Waals surface area contributed by atoms with E-state index in [4.69, 9.17) is 0 Å². The summed E-state index contributed by atoms with van der Waals surface area (Å²) in [5, 5.41) is 13.2. The summed E-state index contributed by atoms with van der Waals surface area (Å²) < 4.78 is 2.17. The second-order valence-corrected chi connectivity index (χ2v) is 8.47. The van der Waals surface area contributed by atoms with E-state index in [2.05, 4.69) is 32.2 Å². The lowest BCUT2D eigenvalue weighted by Gasteiger charge is -2.17. The Balaban J connectivity index is 1.83. The zero-order valence-corrected chi connectivity index (χ0v) is 16.0. The van der Waals surface area contributed by atoms with Crippen LogP contribution in [0.4, 0.5) is 0 Å². The quantitative estimate of drug-likeness (QED) is 0.802. The molecule has 1 unspecified atom stereocenters. The molecule has 3 rings (SSSR count). The molecule has 0 saturated carbocycles. The number of thioether (sulfide) groups is 1. The Morgan fingerprint density at radius 2 is 2.04 bits per heavy atom.